The number of alkyl halides is 6. The van der Waals surface area contributed by atoms with E-state index in [4.69, 9.17) is 4.74 Å². The topological polar surface area (TPSA) is 29.5 Å². The number of amides is 1. The number of carbonyl (C=O) groups excluding carboxylic acids is 1. The number of nitrogens with zero attached hydrogens (tertiary/aromatic N) is 1. The minimum atomic E-state index is -4.44. The molecule has 2 heterocycles. The summed E-state index contributed by atoms with van der Waals surface area (Å²) in [7, 11) is 0. The van der Waals surface area contributed by atoms with E-state index in [1.807, 2.05) is 4.90 Å². The second-order valence-corrected chi connectivity index (χ2v) is 10.9. The molecule has 0 aromatic heterocycles. The third-order valence-corrected chi connectivity index (χ3v) is 8.22. The van der Waals surface area contributed by atoms with Crippen molar-refractivity contribution < 1.29 is 35.9 Å². The van der Waals surface area contributed by atoms with Gasteiger partial charge in [-0.1, -0.05) is 24.3 Å². The minimum Gasteiger partial charge on any atom is -0.490 e. The number of fused-ring (bicyclic) bond motifs is 2. The van der Waals surface area contributed by atoms with Crippen molar-refractivity contribution >= 4 is 17.7 Å². The van der Waals surface area contributed by atoms with Gasteiger partial charge >= 0.3 is 12.4 Å². The molecule has 0 saturated carbocycles. The SMILES string of the molecule is O=C(c1ccc(CSc2cccc(C(F)(F)F)c2)cc1)N1[C@H]2CC[C@H]1CC(Oc1cccc(C(F)(F)F)c1)C2. The molecule has 0 spiro atoms. The molecule has 3 aromatic rings. The molecular formula is C29H25F6NO2S. The van der Waals surface area contributed by atoms with Crippen molar-refractivity contribution in [3.63, 3.8) is 0 Å². The predicted octanol–water partition coefficient (Wildman–Crippen LogP) is 8.23. The number of halogens is 6. The van der Waals surface area contributed by atoms with Gasteiger partial charge in [0, 0.05) is 41.1 Å². The molecule has 2 aliphatic heterocycles. The Morgan fingerprint density at radius 1 is 0.821 bits per heavy atom. The molecule has 0 radical (unpaired) electrons. The average Bonchev–Trinajstić information content (AvgIpc) is 3.16. The fourth-order valence-electron chi connectivity index (χ4n) is 5.31. The molecule has 0 unspecified atom stereocenters. The first-order valence-corrected chi connectivity index (χ1v) is 13.5. The normalized spacial score (nSPS) is 21.2. The number of hydrogen-bond acceptors (Lipinski definition) is 3. The van der Waals surface area contributed by atoms with Crippen LogP contribution in [0, 0.1) is 0 Å². The van der Waals surface area contributed by atoms with Crippen molar-refractivity contribution in [3.8, 4) is 5.75 Å². The molecule has 5 rings (SSSR count). The fourth-order valence-corrected chi connectivity index (χ4v) is 6.23. The van der Waals surface area contributed by atoms with Crippen molar-refractivity contribution in [2.24, 2.45) is 0 Å². The molecular weight excluding hydrogens is 540 g/mol. The van der Waals surface area contributed by atoms with Crippen molar-refractivity contribution in [2.45, 2.75) is 66.9 Å². The Balaban J connectivity index is 1.19. The molecule has 2 saturated heterocycles. The van der Waals surface area contributed by atoms with Crippen LogP contribution in [0.2, 0.25) is 0 Å². The molecule has 2 fully saturated rings. The van der Waals surface area contributed by atoms with Crippen molar-refractivity contribution in [1.29, 1.82) is 0 Å². The minimum absolute atomic E-state index is 0.0526. The highest BCUT2D eigenvalue weighted by atomic mass is 32.2. The maximum absolute atomic E-state index is 13.4. The van der Waals surface area contributed by atoms with E-state index < -0.39 is 23.5 Å². The van der Waals surface area contributed by atoms with Gasteiger partial charge in [0.05, 0.1) is 11.1 Å². The Hall–Kier alpha value is -3.14. The number of rotatable bonds is 6. The highest BCUT2D eigenvalue weighted by molar-refractivity contribution is 7.98. The molecule has 0 aliphatic carbocycles. The summed E-state index contributed by atoms with van der Waals surface area (Å²) in [5, 5.41) is 0. The summed E-state index contributed by atoms with van der Waals surface area (Å²) < 4.78 is 83.9. The molecule has 2 bridgehead atoms. The van der Waals surface area contributed by atoms with Crippen molar-refractivity contribution in [2.75, 3.05) is 0 Å². The molecule has 1 amide bonds. The lowest BCUT2D eigenvalue weighted by Gasteiger charge is -2.39. The van der Waals surface area contributed by atoms with Gasteiger partial charge in [-0.3, -0.25) is 4.79 Å². The van der Waals surface area contributed by atoms with E-state index in [-0.39, 0.29) is 29.8 Å². The van der Waals surface area contributed by atoms with Gasteiger partial charge in [-0.05, 0) is 66.9 Å². The number of piperidine rings is 1. The molecule has 2 aliphatic rings. The first-order chi connectivity index (χ1) is 18.5. The zero-order valence-corrected chi connectivity index (χ0v) is 21.5. The molecule has 2 atom stereocenters. The van der Waals surface area contributed by atoms with E-state index in [0.717, 1.165) is 42.7 Å². The Labute approximate surface area is 226 Å². The van der Waals surface area contributed by atoms with E-state index in [9.17, 15) is 31.1 Å². The monoisotopic (exact) mass is 565 g/mol. The molecule has 39 heavy (non-hydrogen) atoms. The van der Waals surface area contributed by atoms with Gasteiger partial charge in [-0.2, -0.15) is 26.3 Å². The molecule has 206 valence electrons. The number of ether oxygens (including phenoxy) is 1. The summed E-state index contributed by atoms with van der Waals surface area (Å²) in [5.41, 5.74) is -0.0403. The third-order valence-electron chi connectivity index (χ3n) is 7.16. The van der Waals surface area contributed by atoms with Crippen LogP contribution >= 0.6 is 11.8 Å². The van der Waals surface area contributed by atoms with Crippen LogP contribution in [-0.2, 0) is 18.1 Å². The summed E-state index contributed by atoms with van der Waals surface area (Å²) in [4.78, 5) is 15.7. The van der Waals surface area contributed by atoms with Crippen molar-refractivity contribution in [1.82, 2.24) is 4.90 Å². The quantitative estimate of drug-likeness (QED) is 0.223. The summed E-state index contributed by atoms with van der Waals surface area (Å²) in [6.07, 6.45) is -6.40. The van der Waals surface area contributed by atoms with Gasteiger partial charge in [0.2, 0.25) is 0 Å². The molecule has 0 N–H and O–H groups in total. The summed E-state index contributed by atoms with van der Waals surface area (Å²) in [6, 6.07) is 17.0. The Morgan fingerprint density at radius 3 is 2.03 bits per heavy atom. The van der Waals surface area contributed by atoms with Crippen LogP contribution in [0.25, 0.3) is 0 Å². The predicted molar refractivity (Wildman–Crippen MR) is 136 cm³/mol. The molecule has 3 nitrogen and oxygen atoms in total. The average molecular weight is 566 g/mol. The summed E-state index contributed by atoms with van der Waals surface area (Å²) >= 11 is 1.29. The highest BCUT2D eigenvalue weighted by Gasteiger charge is 2.44. The number of benzene rings is 3. The maximum atomic E-state index is 13.4. The lowest BCUT2D eigenvalue weighted by molar-refractivity contribution is -0.138. The maximum Gasteiger partial charge on any atom is 0.416 e. The second-order valence-electron chi connectivity index (χ2n) is 9.85. The van der Waals surface area contributed by atoms with Crippen LogP contribution in [0.15, 0.2) is 77.7 Å². The first kappa shape index (κ1) is 27.4. The van der Waals surface area contributed by atoms with E-state index in [0.29, 0.717) is 29.1 Å². The van der Waals surface area contributed by atoms with Gasteiger partial charge < -0.3 is 9.64 Å². The van der Waals surface area contributed by atoms with Crippen LogP contribution in [-0.4, -0.2) is 29.0 Å². The summed E-state index contributed by atoms with van der Waals surface area (Å²) in [5.74, 6) is 0.531. The Kier molecular flexibility index (Phi) is 7.59. The number of hydrogen-bond donors (Lipinski definition) is 0. The molecule has 3 aromatic carbocycles. The van der Waals surface area contributed by atoms with Gasteiger partial charge in [0.25, 0.3) is 5.91 Å². The number of carbonyl (C=O) groups is 1. The Morgan fingerprint density at radius 2 is 1.41 bits per heavy atom. The summed E-state index contributed by atoms with van der Waals surface area (Å²) in [6.45, 7) is 0. The standard InChI is InChI=1S/C29H25F6NO2S/c30-28(31,32)20-3-1-5-24(13-20)38-25-15-22-11-12-23(16-25)36(22)27(37)19-9-7-18(8-10-19)17-39-26-6-2-4-21(14-26)29(33,34)35/h1-10,13-14,22-23,25H,11-12,15-17H2/t22-,23-/m0/s1. The zero-order chi connectivity index (χ0) is 27.8. The van der Waals surface area contributed by atoms with Crippen LogP contribution in [0.1, 0.15) is 52.7 Å². The van der Waals surface area contributed by atoms with E-state index in [2.05, 4.69) is 0 Å². The largest absolute Gasteiger partial charge is 0.490 e. The zero-order valence-electron chi connectivity index (χ0n) is 20.6. The first-order valence-electron chi connectivity index (χ1n) is 12.5. The smallest absolute Gasteiger partial charge is 0.416 e. The number of thioether (sulfide) groups is 1. The van der Waals surface area contributed by atoms with Crippen LogP contribution < -0.4 is 4.74 Å². The van der Waals surface area contributed by atoms with E-state index >= 15 is 0 Å². The molecule has 10 heteroatoms. The van der Waals surface area contributed by atoms with Crippen LogP contribution in [0.3, 0.4) is 0 Å². The van der Waals surface area contributed by atoms with Gasteiger partial charge in [0.15, 0.2) is 0 Å². The third kappa shape index (κ3) is 6.37. The lowest BCUT2D eigenvalue weighted by atomic mass is 9.98. The lowest BCUT2D eigenvalue weighted by Crippen LogP contribution is -2.49. The van der Waals surface area contributed by atoms with Crippen molar-refractivity contribution in [3.05, 3.63) is 95.1 Å². The fraction of sp³-hybridized carbons (Fsp3) is 0.345. The van der Waals surface area contributed by atoms with Gasteiger partial charge in [-0.25, -0.2) is 0 Å². The second kappa shape index (κ2) is 10.8. The highest BCUT2D eigenvalue weighted by Crippen LogP contribution is 2.39. The van der Waals surface area contributed by atoms with E-state index in [1.54, 1.807) is 30.3 Å². The Bertz CT molecular complexity index is 1310. The van der Waals surface area contributed by atoms with Crippen LogP contribution in [0.4, 0.5) is 26.3 Å². The van der Waals surface area contributed by atoms with Gasteiger partial charge in [0.1, 0.15) is 11.9 Å². The van der Waals surface area contributed by atoms with Crippen LogP contribution in [0.5, 0.6) is 5.75 Å². The van der Waals surface area contributed by atoms with E-state index in [1.165, 1.54) is 30.0 Å². The van der Waals surface area contributed by atoms with Gasteiger partial charge in [-0.15, -0.1) is 11.8 Å².